The van der Waals surface area contributed by atoms with E-state index in [2.05, 4.69) is 15.7 Å². The molecule has 0 fully saturated rings. The largest absolute Gasteiger partial charge is 0.465 e. The van der Waals surface area contributed by atoms with Crippen molar-refractivity contribution in [3.8, 4) is 0 Å². The van der Waals surface area contributed by atoms with Gasteiger partial charge < -0.3 is 15.4 Å². The second kappa shape index (κ2) is 9.65. The maximum atomic E-state index is 13.9. The molecule has 6 nitrogen and oxygen atoms in total. The van der Waals surface area contributed by atoms with E-state index < -0.39 is 41.3 Å². The van der Waals surface area contributed by atoms with E-state index in [0.29, 0.717) is 17.0 Å². The zero-order valence-electron chi connectivity index (χ0n) is 17.2. The first-order valence-corrected chi connectivity index (χ1v) is 10.5. The lowest BCUT2D eigenvalue weighted by molar-refractivity contribution is 0.0601. The molecule has 0 spiro atoms. The van der Waals surface area contributed by atoms with E-state index in [-0.39, 0.29) is 17.0 Å². The van der Waals surface area contributed by atoms with Crippen molar-refractivity contribution in [2.75, 3.05) is 17.7 Å². The molecule has 0 amide bonds. The Morgan fingerprint density at radius 2 is 1.84 bits per heavy atom. The molecule has 0 bridgehead atoms. The number of methoxy groups -OCH3 is 1. The summed E-state index contributed by atoms with van der Waals surface area (Å²) in [6.45, 7) is 3.27. The molecular weight excluding hydrogens is 468 g/mol. The average Bonchev–Trinajstić information content (AvgIpc) is 3.31. The summed E-state index contributed by atoms with van der Waals surface area (Å²) < 4.78 is 60.5. The second-order valence-electron chi connectivity index (χ2n) is 6.61. The summed E-state index contributed by atoms with van der Waals surface area (Å²) >= 11 is 6.61. The minimum absolute atomic E-state index is 0.110. The van der Waals surface area contributed by atoms with Crippen LogP contribution < -0.4 is 10.6 Å². The Kier molecular flexibility index (Phi) is 7.14. The Bertz CT molecular complexity index is 1170. The highest BCUT2D eigenvalue weighted by atomic mass is 32.1. The van der Waals surface area contributed by atoms with Gasteiger partial charge in [-0.3, -0.25) is 4.68 Å². The molecule has 0 unspecified atom stereocenters. The van der Waals surface area contributed by atoms with Gasteiger partial charge in [0.25, 0.3) is 0 Å². The lowest BCUT2D eigenvalue weighted by atomic mass is 10.1. The number of rotatable bonds is 6. The molecule has 0 saturated heterocycles. The molecule has 2 N–H and O–H groups in total. The topological polar surface area (TPSA) is 68.2 Å². The fourth-order valence-corrected chi connectivity index (χ4v) is 4.51. The van der Waals surface area contributed by atoms with Gasteiger partial charge in [-0.25, -0.2) is 22.4 Å². The van der Waals surface area contributed by atoms with Crippen molar-refractivity contribution in [2.24, 2.45) is 0 Å². The van der Waals surface area contributed by atoms with E-state index in [4.69, 9.17) is 17.0 Å². The molecule has 2 heterocycles. The third-order valence-corrected chi connectivity index (χ3v) is 5.85. The summed E-state index contributed by atoms with van der Waals surface area (Å²) in [4.78, 5) is 13.1. The zero-order valence-corrected chi connectivity index (χ0v) is 18.8. The van der Waals surface area contributed by atoms with Crippen molar-refractivity contribution in [2.45, 2.75) is 26.8 Å². The maximum Gasteiger partial charge on any atom is 0.341 e. The van der Waals surface area contributed by atoms with Crippen LogP contribution in [0.2, 0.25) is 0 Å². The minimum Gasteiger partial charge on any atom is -0.465 e. The van der Waals surface area contributed by atoms with Gasteiger partial charge in [-0.1, -0.05) is 6.92 Å². The van der Waals surface area contributed by atoms with Crippen LogP contribution in [0.1, 0.15) is 33.3 Å². The van der Waals surface area contributed by atoms with Gasteiger partial charge in [0.05, 0.1) is 24.8 Å². The number of nitrogens with one attached hydrogen (secondary N) is 2. The Morgan fingerprint density at radius 3 is 2.44 bits per heavy atom. The number of aryl methyl sites for hydroxylation is 1. The number of halogens is 4. The molecule has 32 heavy (non-hydrogen) atoms. The smallest absolute Gasteiger partial charge is 0.341 e. The summed E-state index contributed by atoms with van der Waals surface area (Å²) in [6.07, 6.45) is 1.99. The molecular formula is C20H18F4N4O2S2. The SMILES string of the molecule is CCc1c(C)sc(NC(=S)Nc2ccn(Cc3c(F)c(F)cc(F)c3F)n2)c1C(=O)OC. The van der Waals surface area contributed by atoms with Gasteiger partial charge in [-0.15, -0.1) is 11.3 Å². The maximum absolute atomic E-state index is 13.9. The van der Waals surface area contributed by atoms with E-state index in [1.807, 2.05) is 13.8 Å². The molecule has 170 valence electrons. The summed E-state index contributed by atoms with van der Waals surface area (Å²) in [6, 6.07) is 1.60. The third kappa shape index (κ3) is 4.75. The van der Waals surface area contributed by atoms with Gasteiger partial charge in [0.2, 0.25) is 0 Å². The number of nitrogens with zero attached hydrogens (tertiary/aromatic N) is 2. The van der Waals surface area contributed by atoms with Gasteiger partial charge in [-0.2, -0.15) is 5.10 Å². The number of hydrogen-bond donors (Lipinski definition) is 2. The first kappa shape index (κ1) is 23.7. The van der Waals surface area contributed by atoms with Crippen LogP contribution in [0.4, 0.5) is 28.4 Å². The van der Waals surface area contributed by atoms with Gasteiger partial charge in [0, 0.05) is 23.2 Å². The van der Waals surface area contributed by atoms with Crippen LogP contribution in [-0.4, -0.2) is 28.0 Å². The molecule has 0 aliphatic carbocycles. The third-order valence-electron chi connectivity index (χ3n) is 4.58. The van der Waals surface area contributed by atoms with Crippen LogP contribution >= 0.6 is 23.6 Å². The zero-order chi connectivity index (χ0) is 23.6. The molecule has 3 rings (SSSR count). The van der Waals surface area contributed by atoms with Gasteiger partial charge in [0.1, 0.15) is 5.00 Å². The predicted octanol–water partition coefficient (Wildman–Crippen LogP) is 5.02. The Balaban J connectivity index is 1.75. The summed E-state index contributed by atoms with van der Waals surface area (Å²) in [7, 11) is 1.29. The average molecular weight is 487 g/mol. The van der Waals surface area contributed by atoms with Crippen molar-refractivity contribution in [3.63, 3.8) is 0 Å². The van der Waals surface area contributed by atoms with Crippen molar-refractivity contribution in [1.82, 2.24) is 9.78 Å². The monoisotopic (exact) mass is 486 g/mol. The van der Waals surface area contributed by atoms with Crippen LogP contribution in [0.15, 0.2) is 18.3 Å². The highest BCUT2D eigenvalue weighted by molar-refractivity contribution is 7.80. The summed E-state index contributed by atoms with van der Waals surface area (Å²) in [5, 5.41) is 10.4. The first-order valence-electron chi connectivity index (χ1n) is 9.30. The van der Waals surface area contributed by atoms with E-state index in [1.54, 1.807) is 0 Å². The van der Waals surface area contributed by atoms with Crippen molar-refractivity contribution < 1.29 is 27.1 Å². The van der Waals surface area contributed by atoms with E-state index in [9.17, 15) is 22.4 Å². The number of ether oxygens (including phenoxy) is 1. The lowest BCUT2D eigenvalue weighted by Gasteiger charge is -2.10. The van der Waals surface area contributed by atoms with Crippen molar-refractivity contribution in [3.05, 3.63) is 63.2 Å². The number of esters is 1. The molecule has 0 saturated carbocycles. The fraction of sp³-hybridized carbons (Fsp3) is 0.250. The molecule has 0 aliphatic rings. The normalized spacial score (nSPS) is 10.8. The van der Waals surface area contributed by atoms with Gasteiger partial charge >= 0.3 is 5.97 Å². The quantitative estimate of drug-likeness (QED) is 0.221. The number of carbonyl (C=O) groups is 1. The summed E-state index contributed by atoms with van der Waals surface area (Å²) in [5.74, 6) is -6.24. The lowest BCUT2D eigenvalue weighted by Crippen LogP contribution is -2.20. The number of benzene rings is 1. The van der Waals surface area contributed by atoms with Crippen LogP contribution in [0.25, 0.3) is 0 Å². The standard InChI is InChI=1S/C20H18F4N4O2S2/c1-4-10-9(2)32-18(15(10)19(29)30-3)26-20(31)25-14-5-6-28(27-14)8-11-16(23)12(21)7-13(22)17(11)24/h5-7H,4,8H2,1-3H3,(H2,25,26,27,31). The van der Waals surface area contributed by atoms with Crippen LogP contribution in [0.5, 0.6) is 0 Å². The van der Waals surface area contributed by atoms with Gasteiger partial charge in [0.15, 0.2) is 34.2 Å². The Labute approximate surface area is 190 Å². The van der Waals surface area contributed by atoms with E-state index in [0.717, 1.165) is 15.1 Å². The molecule has 3 aromatic rings. The van der Waals surface area contributed by atoms with Crippen LogP contribution in [0.3, 0.4) is 0 Å². The molecule has 12 heteroatoms. The number of hydrogen-bond acceptors (Lipinski definition) is 5. The Hall–Kier alpha value is -2.99. The minimum atomic E-state index is -1.49. The molecule has 0 aliphatic heterocycles. The van der Waals surface area contributed by atoms with Gasteiger partial charge in [-0.05, 0) is 31.1 Å². The Morgan fingerprint density at radius 1 is 1.19 bits per heavy atom. The number of carbonyl (C=O) groups excluding carboxylic acids is 1. The van der Waals surface area contributed by atoms with Crippen LogP contribution in [0, 0.1) is 30.2 Å². The number of thiophene rings is 1. The molecule has 1 aromatic carbocycles. The summed E-state index contributed by atoms with van der Waals surface area (Å²) in [5.41, 5.74) is 0.454. The number of aromatic nitrogens is 2. The molecule has 0 radical (unpaired) electrons. The fourth-order valence-electron chi connectivity index (χ4n) is 3.10. The van der Waals surface area contributed by atoms with Crippen LogP contribution in [-0.2, 0) is 17.7 Å². The predicted molar refractivity (Wildman–Crippen MR) is 117 cm³/mol. The molecule has 0 atom stereocenters. The van der Waals surface area contributed by atoms with Crippen molar-refractivity contribution in [1.29, 1.82) is 0 Å². The van der Waals surface area contributed by atoms with E-state index >= 15 is 0 Å². The number of thiocarbonyl (C=S) groups is 1. The first-order chi connectivity index (χ1) is 15.2. The van der Waals surface area contributed by atoms with E-state index in [1.165, 1.54) is 30.7 Å². The molecule has 2 aromatic heterocycles. The highest BCUT2D eigenvalue weighted by Crippen LogP contribution is 2.34. The highest BCUT2D eigenvalue weighted by Gasteiger charge is 2.23. The number of anilines is 2. The van der Waals surface area contributed by atoms with Crippen molar-refractivity contribution >= 4 is 45.5 Å². The second-order valence-corrected chi connectivity index (χ2v) is 8.24.